The van der Waals surface area contributed by atoms with Crippen LogP contribution in [0.2, 0.25) is 0 Å². The molecule has 1 N–H and O–H groups in total. The SMILES string of the molecule is C/C=C/CN1C(=O)C(C2CCCCC2)NC(=O)C1C(C)C. The third kappa shape index (κ3) is 3.47. The lowest BCUT2D eigenvalue weighted by molar-refractivity contribution is -0.152. The molecule has 4 nitrogen and oxygen atoms in total. The molecule has 0 aromatic carbocycles. The number of hydrogen-bond donors (Lipinski definition) is 1. The van der Waals surface area contributed by atoms with Crippen LogP contribution in [0.3, 0.4) is 0 Å². The molecule has 1 heterocycles. The molecule has 4 heteroatoms. The molecule has 2 aliphatic rings. The van der Waals surface area contributed by atoms with Gasteiger partial charge in [-0.1, -0.05) is 45.3 Å². The first-order valence-electron chi connectivity index (χ1n) is 8.28. The molecule has 2 unspecified atom stereocenters. The Morgan fingerprint density at radius 2 is 1.90 bits per heavy atom. The summed E-state index contributed by atoms with van der Waals surface area (Å²) in [4.78, 5) is 27.1. The molecule has 2 amide bonds. The van der Waals surface area contributed by atoms with E-state index < -0.39 is 0 Å². The monoisotopic (exact) mass is 292 g/mol. The highest BCUT2D eigenvalue weighted by Gasteiger charge is 2.44. The Hall–Kier alpha value is -1.32. The zero-order chi connectivity index (χ0) is 15.4. The van der Waals surface area contributed by atoms with Crippen molar-refractivity contribution in [2.45, 2.75) is 65.0 Å². The summed E-state index contributed by atoms with van der Waals surface area (Å²) in [5.74, 6) is 0.575. The lowest BCUT2D eigenvalue weighted by Crippen LogP contribution is -2.66. The summed E-state index contributed by atoms with van der Waals surface area (Å²) in [5, 5.41) is 3.02. The minimum Gasteiger partial charge on any atom is -0.342 e. The number of carbonyl (C=O) groups excluding carboxylic acids is 2. The van der Waals surface area contributed by atoms with Crippen LogP contribution in [0.25, 0.3) is 0 Å². The van der Waals surface area contributed by atoms with Crippen molar-refractivity contribution < 1.29 is 9.59 Å². The highest BCUT2D eigenvalue weighted by Crippen LogP contribution is 2.30. The van der Waals surface area contributed by atoms with Crippen LogP contribution in [0.15, 0.2) is 12.2 Å². The maximum atomic E-state index is 12.9. The van der Waals surface area contributed by atoms with Crippen LogP contribution in [0, 0.1) is 11.8 Å². The lowest BCUT2D eigenvalue weighted by Gasteiger charge is -2.43. The average molecular weight is 292 g/mol. The van der Waals surface area contributed by atoms with Crippen molar-refractivity contribution in [2.75, 3.05) is 6.54 Å². The smallest absolute Gasteiger partial charge is 0.246 e. The first kappa shape index (κ1) is 16.1. The molecule has 1 aliphatic heterocycles. The van der Waals surface area contributed by atoms with E-state index in [-0.39, 0.29) is 29.8 Å². The summed E-state index contributed by atoms with van der Waals surface area (Å²) < 4.78 is 0. The molecule has 1 saturated carbocycles. The first-order chi connectivity index (χ1) is 10.1. The first-order valence-corrected chi connectivity index (χ1v) is 8.28. The summed E-state index contributed by atoms with van der Waals surface area (Å²) >= 11 is 0. The van der Waals surface area contributed by atoms with Crippen LogP contribution in [-0.2, 0) is 9.59 Å². The molecule has 1 aliphatic carbocycles. The van der Waals surface area contributed by atoms with E-state index in [2.05, 4.69) is 5.32 Å². The topological polar surface area (TPSA) is 49.4 Å². The predicted molar refractivity (Wildman–Crippen MR) is 83.7 cm³/mol. The third-order valence-corrected chi connectivity index (χ3v) is 4.74. The molecular weight excluding hydrogens is 264 g/mol. The van der Waals surface area contributed by atoms with Gasteiger partial charge in [-0.25, -0.2) is 0 Å². The van der Waals surface area contributed by atoms with Gasteiger partial charge in [-0.05, 0) is 31.6 Å². The molecule has 1 saturated heterocycles. The van der Waals surface area contributed by atoms with E-state index >= 15 is 0 Å². The van der Waals surface area contributed by atoms with Gasteiger partial charge >= 0.3 is 0 Å². The fourth-order valence-electron chi connectivity index (χ4n) is 3.63. The largest absolute Gasteiger partial charge is 0.342 e. The number of carbonyl (C=O) groups is 2. The Balaban J connectivity index is 2.19. The number of hydrogen-bond acceptors (Lipinski definition) is 2. The van der Waals surface area contributed by atoms with Gasteiger partial charge in [0, 0.05) is 6.54 Å². The van der Waals surface area contributed by atoms with Crippen molar-refractivity contribution in [1.82, 2.24) is 10.2 Å². The van der Waals surface area contributed by atoms with Crippen molar-refractivity contribution in [2.24, 2.45) is 11.8 Å². The van der Waals surface area contributed by atoms with Crippen molar-refractivity contribution in [3.05, 3.63) is 12.2 Å². The normalized spacial score (nSPS) is 28.5. The molecule has 0 bridgehead atoms. The minimum absolute atomic E-state index is 0.0182. The van der Waals surface area contributed by atoms with Crippen LogP contribution >= 0.6 is 0 Å². The van der Waals surface area contributed by atoms with Crippen LogP contribution in [0.5, 0.6) is 0 Å². The van der Waals surface area contributed by atoms with Gasteiger partial charge in [0.2, 0.25) is 11.8 Å². The maximum Gasteiger partial charge on any atom is 0.246 e. The molecule has 2 atom stereocenters. The second-order valence-corrected chi connectivity index (χ2v) is 6.63. The second-order valence-electron chi connectivity index (χ2n) is 6.63. The van der Waals surface area contributed by atoms with Gasteiger partial charge in [-0.2, -0.15) is 0 Å². The van der Waals surface area contributed by atoms with E-state index in [1.807, 2.05) is 32.9 Å². The molecule has 2 rings (SSSR count). The average Bonchev–Trinajstić information content (AvgIpc) is 2.48. The number of nitrogens with one attached hydrogen (secondary N) is 1. The number of amides is 2. The van der Waals surface area contributed by atoms with Crippen molar-refractivity contribution >= 4 is 11.8 Å². The van der Waals surface area contributed by atoms with Gasteiger partial charge in [0.05, 0.1) is 0 Å². The van der Waals surface area contributed by atoms with Gasteiger partial charge in [0.15, 0.2) is 0 Å². The van der Waals surface area contributed by atoms with E-state index in [4.69, 9.17) is 0 Å². The molecule has 0 spiro atoms. The number of piperazine rings is 1. The Morgan fingerprint density at radius 1 is 1.24 bits per heavy atom. The highest BCUT2D eigenvalue weighted by atomic mass is 16.2. The Morgan fingerprint density at radius 3 is 2.48 bits per heavy atom. The molecule has 21 heavy (non-hydrogen) atoms. The van der Waals surface area contributed by atoms with Gasteiger partial charge < -0.3 is 10.2 Å². The molecule has 2 fully saturated rings. The summed E-state index contributed by atoms with van der Waals surface area (Å²) in [6.45, 7) is 6.48. The van der Waals surface area contributed by atoms with E-state index in [1.54, 1.807) is 4.90 Å². The zero-order valence-corrected chi connectivity index (χ0v) is 13.5. The second kappa shape index (κ2) is 7.10. The Kier molecular flexibility index (Phi) is 5.43. The van der Waals surface area contributed by atoms with Crippen molar-refractivity contribution in [1.29, 1.82) is 0 Å². The molecule has 0 aromatic rings. The van der Waals surface area contributed by atoms with Gasteiger partial charge in [0.1, 0.15) is 12.1 Å². The van der Waals surface area contributed by atoms with Crippen LogP contribution in [0.1, 0.15) is 52.9 Å². The van der Waals surface area contributed by atoms with Crippen molar-refractivity contribution in [3.8, 4) is 0 Å². The zero-order valence-electron chi connectivity index (χ0n) is 13.5. The number of nitrogens with zero attached hydrogens (tertiary/aromatic N) is 1. The summed E-state index contributed by atoms with van der Waals surface area (Å²) in [6.07, 6.45) is 9.61. The Bertz CT molecular complexity index is 411. The molecule has 0 aromatic heterocycles. The van der Waals surface area contributed by atoms with Crippen LogP contribution in [-0.4, -0.2) is 35.3 Å². The fraction of sp³-hybridized carbons (Fsp3) is 0.765. The number of allylic oxidation sites excluding steroid dienone is 1. The maximum absolute atomic E-state index is 12.9. The predicted octanol–water partition coefficient (Wildman–Crippen LogP) is 2.49. The summed E-state index contributed by atoms with van der Waals surface area (Å²) in [5.41, 5.74) is 0. The van der Waals surface area contributed by atoms with E-state index in [9.17, 15) is 9.59 Å². The summed E-state index contributed by atoms with van der Waals surface area (Å²) in [6, 6.07) is -0.647. The highest BCUT2D eigenvalue weighted by molar-refractivity contribution is 5.97. The van der Waals surface area contributed by atoms with E-state index in [0.29, 0.717) is 12.5 Å². The van der Waals surface area contributed by atoms with Gasteiger partial charge in [-0.15, -0.1) is 0 Å². The third-order valence-electron chi connectivity index (χ3n) is 4.74. The standard InChI is InChI=1S/C17H28N2O2/c1-4-5-11-19-15(12(2)3)16(20)18-14(17(19)21)13-9-7-6-8-10-13/h4-5,12-15H,6-11H2,1-3H3,(H,18,20)/b5-4+. The molecule has 118 valence electrons. The fourth-order valence-corrected chi connectivity index (χ4v) is 3.63. The lowest BCUT2D eigenvalue weighted by atomic mass is 9.81. The van der Waals surface area contributed by atoms with E-state index in [1.165, 1.54) is 19.3 Å². The molecule has 0 radical (unpaired) electrons. The Labute approximate surface area is 128 Å². The molecular formula is C17H28N2O2. The quantitative estimate of drug-likeness (QED) is 0.809. The van der Waals surface area contributed by atoms with Crippen LogP contribution < -0.4 is 5.32 Å². The van der Waals surface area contributed by atoms with Crippen LogP contribution in [0.4, 0.5) is 0 Å². The minimum atomic E-state index is -0.339. The summed E-state index contributed by atoms with van der Waals surface area (Å²) in [7, 11) is 0. The van der Waals surface area contributed by atoms with Crippen molar-refractivity contribution in [3.63, 3.8) is 0 Å². The van der Waals surface area contributed by atoms with E-state index in [0.717, 1.165) is 12.8 Å². The van der Waals surface area contributed by atoms with Gasteiger partial charge in [0.25, 0.3) is 0 Å². The number of rotatable bonds is 4. The van der Waals surface area contributed by atoms with Gasteiger partial charge in [-0.3, -0.25) is 9.59 Å².